The van der Waals surface area contributed by atoms with E-state index in [2.05, 4.69) is 34.7 Å². The Morgan fingerprint density at radius 2 is 1.69 bits per heavy atom. The van der Waals surface area contributed by atoms with Crippen LogP contribution in [0.3, 0.4) is 0 Å². The molecule has 1 fully saturated rings. The van der Waals surface area contributed by atoms with E-state index in [-0.39, 0.29) is 29.3 Å². The predicted octanol–water partition coefficient (Wildman–Crippen LogP) is 6.58. The van der Waals surface area contributed by atoms with Crippen LogP contribution in [0.5, 0.6) is 0 Å². The van der Waals surface area contributed by atoms with Crippen LogP contribution in [0.4, 0.5) is 0 Å². The molecule has 3 rings (SSSR count). The second-order valence-electron chi connectivity index (χ2n) is 7.38. The topological polar surface area (TPSA) is 43.4 Å². The van der Waals surface area contributed by atoms with Gasteiger partial charge in [-0.3, -0.25) is 9.59 Å². The minimum Gasteiger partial charge on any atom is -0.466 e. The maximum Gasteiger partial charge on any atom is 0.306 e. The Labute approximate surface area is 191 Å². The Kier molecular flexibility index (Phi) is 8.60. The van der Waals surface area contributed by atoms with Gasteiger partial charge in [0.1, 0.15) is 0 Å². The highest BCUT2D eigenvalue weighted by atomic mass is 127. The van der Waals surface area contributed by atoms with Crippen molar-refractivity contribution in [2.24, 2.45) is 5.92 Å². The molecular weight excluding hydrogens is 495 g/mol. The van der Waals surface area contributed by atoms with Crippen molar-refractivity contribution in [2.45, 2.75) is 56.3 Å². The molecule has 0 radical (unpaired) electrons. The number of halogens is 1. The molecule has 0 spiro atoms. The molecule has 0 bridgehead atoms. The fraction of sp³-hybridized carbons (Fsp3) is 0.417. The van der Waals surface area contributed by atoms with Gasteiger partial charge in [0.2, 0.25) is 0 Å². The third-order valence-electron chi connectivity index (χ3n) is 5.40. The number of esters is 1. The van der Waals surface area contributed by atoms with Crippen LogP contribution in [0.2, 0.25) is 0 Å². The lowest BCUT2D eigenvalue weighted by Gasteiger charge is -2.23. The van der Waals surface area contributed by atoms with Crippen LogP contribution in [0.25, 0.3) is 0 Å². The SMILES string of the molecule is CCOC(=O)C[C@H](c1ccccc1I)c1ccccc1SC(=O)C1CCCCC1. The zero-order chi connectivity index (χ0) is 20.6. The number of hydrogen-bond donors (Lipinski definition) is 0. The van der Waals surface area contributed by atoms with E-state index in [1.165, 1.54) is 18.2 Å². The van der Waals surface area contributed by atoms with Crippen molar-refractivity contribution >= 4 is 45.4 Å². The molecule has 0 unspecified atom stereocenters. The zero-order valence-corrected chi connectivity index (χ0v) is 19.7. The number of ether oxygens (including phenoxy) is 1. The first-order chi connectivity index (χ1) is 14.1. The van der Waals surface area contributed by atoms with E-state index in [0.29, 0.717) is 6.61 Å². The smallest absolute Gasteiger partial charge is 0.306 e. The molecule has 29 heavy (non-hydrogen) atoms. The average Bonchev–Trinajstić information content (AvgIpc) is 2.74. The summed E-state index contributed by atoms with van der Waals surface area (Å²) in [5, 5.41) is 0.259. The molecular formula is C24H27IO3S. The lowest BCUT2D eigenvalue weighted by atomic mass is 9.88. The fourth-order valence-corrected chi connectivity index (χ4v) is 5.78. The predicted molar refractivity (Wildman–Crippen MR) is 126 cm³/mol. The summed E-state index contributed by atoms with van der Waals surface area (Å²) in [7, 11) is 0. The summed E-state index contributed by atoms with van der Waals surface area (Å²) < 4.78 is 6.37. The Morgan fingerprint density at radius 3 is 2.38 bits per heavy atom. The van der Waals surface area contributed by atoms with Gasteiger partial charge in [-0.15, -0.1) is 0 Å². The van der Waals surface area contributed by atoms with Crippen LogP contribution in [0.15, 0.2) is 53.4 Å². The minimum atomic E-state index is -0.212. The Balaban J connectivity index is 1.92. The van der Waals surface area contributed by atoms with Crippen molar-refractivity contribution in [2.75, 3.05) is 6.61 Å². The second-order valence-corrected chi connectivity index (χ2v) is 9.59. The Morgan fingerprint density at radius 1 is 1.03 bits per heavy atom. The monoisotopic (exact) mass is 522 g/mol. The number of carbonyl (C=O) groups is 2. The first kappa shape index (κ1) is 22.3. The van der Waals surface area contributed by atoms with Gasteiger partial charge in [-0.1, -0.05) is 67.4 Å². The van der Waals surface area contributed by atoms with Crippen molar-refractivity contribution in [1.29, 1.82) is 0 Å². The number of carbonyl (C=O) groups excluding carboxylic acids is 2. The first-order valence-corrected chi connectivity index (χ1v) is 12.2. The summed E-state index contributed by atoms with van der Waals surface area (Å²) in [5.41, 5.74) is 2.12. The average molecular weight is 522 g/mol. The molecule has 0 N–H and O–H groups in total. The van der Waals surface area contributed by atoms with Gasteiger partial charge in [-0.05, 0) is 65.6 Å². The molecule has 3 nitrogen and oxygen atoms in total. The molecule has 0 amide bonds. The van der Waals surface area contributed by atoms with Crippen molar-refractivity contribution in [3.05, 3.63) is 63.2 Å². The van der Waals surface area contributed by atoms with Crippen LogP contribution in [-0.2, 0) is 14.3 Å². The van der Waals surface area contributed by atoms with Gasteiger partial charge >= 0.3 is 5.97 Å². The molecule has 1 aliphatic carbocycles. The van der Waals surface area contributed by atoms with Crippen LogP contribution in [0, 0.1) is 9.49 Å². The number of rotatable bonds is 7. The van der Waals surface area contributed by atoms with Gasteiger partial charge in [0, 0.05) is 20.3 Å². The Hall–Kier alpha value is -1.34. The summed E-state index contributed by atoms with van der Waals surface area (Å²) >= 11 is 3.67. The van der Waals surface area contributed by atoms with Crippen molar-refractivity contribution in [3.63, 3.8) is 0 Å². The molecule has 0 saturated heterocycles. The van der Waals surface area contributed by atoms with Gasteiger partial charge in [0.15, 0.2) is 5.12 Å². The van der Waals surface area contributed by atoms with E-state index in [1.807, 2.05) is 43.3 Å². The molecule has 0 heterocycles. The lowest BCUT2D eigenvalue weighted by molar-refractivity contribution is -0.143. The Bertz CT molecular complexity index is 846. The molecule has 0 aliphatic heterocycles. The van der Waals surface area contributed by atoms with Gasteiger partial charge in [-0.2, -0.15) is 0 Å². The third kappa shape index (κ3) is 6.07. The molecule has 1 aliphatic rings. The van der Waals surface area contributed by atoms with Crippen LogP contribution in [0.1, 0.15) is 62.5 Å². The van der Waals surface area contributed by atoms with E-state index >= 15 is 0 Å². The summed E-state index contributed by atoms with van der Waals surface area (Å²) in [5.74, 6) is -0.192. The van der Waals surface area contributed by atoms with Gasteiger partial charge < -0.3 is 4.74 Å². The lowest BCUT2D eigenvalue weighted by Crippen LogP contribution is -2.16. The largest absolute Gasteiger partial charge is 0.466 e. The van der Waals surface area contributed by atoms with Crippen LogP contribution < -0.4 is 0 Å². The van der Waals surface area contributed by atoms with Gasteiger partial charge in [0.25, 0.3) is 0 Å². The number of benzene rings is 2. The minimum absolute atomic E-state index is 0.134. The normalized spacial score (nSPS) is 15.7. The van der Waals surface area contributed by atoms with Gasteiger partial charge in [0.05, 0.1) is 13.0 Å². The van der Waals surface area contributed by atoms with E-state index in [9.17, 15) is 9.59 Å². The summed E-state index contributed by atoms with van der Waals surface area (Å²) in [6.07, 6.45) is 5.79. The third-order valence-corrected chi connectivity index (χ3v) is 7.51. The van der Waals surface area contributed by atoms with Crippen LogP contribution >= 0.6 is 34.4 Å². The molecule has 2 aromatic rings. The first-order valence-electron chi connectivity index (χ1n) is 10.3. The molecule has 2 aromatic carbocycles. The van der Waals surface area contributed by atoms with E-state index in [4.69, 9.17) is 4.74 Å². The summed E-state index contributed by atoms with van der Waals surface area (Å²) in [4.78, 5) is 26.3. The van der Waals surface area contributed by atoms with Crippen LogP contribution in [-0.4, -0.2) is 17.7 Å². The fourth-order valence-electron chi connectivity index (χ4n) is 3.92. The van der Waals surface area contributed by atoms with E-state index < -0.39 is 0 Å². The summed E-state index contributed by atoms with van der Waals surface area (Å²) in [6.45, 7) is 2.19. The summed E-state index contributed by atoms with van der Waals surface area (Å²) in [6, 6.07) is 16.1. The van der Waals surface area contributed by atoms with Crippen molar-refractivity contribution in [3.8, 4) is 0 Å². The quantitative estimate of drug-likeness (QED) is 0.234. The second kappa shape index (κ2) is 11.2. The molecule has 154 valence electrons. The standard InChI is InChI=1S/C24H27IO3S/c1-2-28-23(26)16-20(18-12-6-8-14-21(18)25)19-13-7-9-15-22(19)29-24(27)17-10-4-3-5-11-17/h6-9,12-15,17,20H,2-5,10-11,16H2,1H3/t20-/m1/s1. The van der Waals surface area contributed by atoms with Gasteiger partial charge in [-0.25, -0.2) is 0 Å². The maximum absolute atomic E-state index is 12.9. The molecule has 1 saturated carbocycles. The highest BCUT2D eigenvalue weighted by Crippen LogP contribution is 2.39. The van der Waals surface area contributed by atoms with Crippen molar-refractivity contribution < 1.29 is 14.3 Å². The maximum atomic E-state index is 12.9. The molecule has 0 aromatic heterocycles. The van der Waals surface area contributed by atoms with E-state index in [0.717, 1.165) is 45.3 Å². The number of hydrogen-bond acceptors (Lipinski definition) is 4. The zero-order valence-electron chi connectivity index (χ0n) is 16.7. The van der Waals surface area contributed by atoms with E-state index in [1.54, 1.807) is 0 Å². The molecule has 5 heteroatoms. The highest BCUT2D eigenvalue weighted by molar-refractivity contribution is 14.1. The van der Waals surface area contributed by atoms with Crippen molar-refractivity contribution in [1.82, 2.24) is 0 Å². The number of thioether (sulfide) groups is 1. The molecule has 1 atom stereocenters. The highest BCUT2D eigenvalue weighted by Gasteiger charge is 2.27.